The molecule has 2 aliphatic heterocycles. The lowest BCUT2D eigenvalue weighted by Gasteiger charge is -2.41. The molecule has 1 atom stereocenters. The first-order chi connectivity index (χ1) is 15.9. The summed E-state index contributed by atoms with van der Waals surface area (Å²) in [6.45, 7) is 8.92. The molecule has 9 heteroatoms. The van der Waals surface area contributed by atoms with Gasteiger partial charge in [-0.15, -0.1) is 0 Å². The van der Waals surface area contributed by atoms with Gasteiger partial charge in [-0.2, -0.15) is 5.26 Å². The van der Waals surface area contributed by atoms with Crippen LogP contribution in [-0.4, -0.2) is 92.2 Å². The standard InChI is InChI=1S/C24H34N6O3/c1-17-16-29(11-12-30(17)22(32)6-13-33-3)24-20(15-25)14-21(23(26-24)19-4-5-19)28-9-7-27(8-10-28)18(2)31/h14,17,19H,4-13,16H2,1-3H3. The van der Waals surface area contributed by atoms with Gasteiger partial charge in [0.2, 0.25) is 11.8 Å². The monoisotopic (exact) mass is 454 g/mol. The Bertz CT molecular complexity index is 933. The number of methoxy groups -OCH3 is 1. The minimum Gasteiger partial charge on any atom is -0.384 e. The fourth-order valence-corrected chi connectivity index (χ4v) is 4.86. The van der Waals surface area contributed by atoms with Gasteiger partial charge in [0, 0.05) is 71.8 Å². The molecular weight excluding hydrogens is 420 g/mol. The van der Waals surface area contributed by atoms with Crippen molar-refractivity contribution in [1.82, 2.24) is 14.8 Å². The average molecular weight is 455 g/mol. The summed E-state index contributed by atoms with van der Waals surface area (Å²) < 4.78 is 5.05. The number of hydrogen-bond acceptors (Lipinski definition) is 7. The zero-order valence-electron chi connectivity index (χ0n) is 19.9. The Hall–Kier alpha value is -2.86. The number of amides is 2. The molecule has 0 aromatic carbocycles. The van der Waals surface area contributed by atoms with Gasteiger partial charge in [-0.3, -0.25) is 9.59 Å². The van der Waals surface area contributed by atoms with E-state index in [1.807, 2.05) is 22.8 Å². The molecule has 0 bridgehead atoms. The number of ether oxygens (including phenoxy) is 1. The van der Waals surface area contributed by atoms with Crippen LogP contribution in [0.15, 0.2) is 6.07 Å². The van der Waals surface area contributed by atoms with Gasteiger partial charge in [0.25, 0.3) is 0 Å². The summed E-state index contributed by atoms with van der Waals surface area (Å²) in [4.78, 5) is 37.5. The lowest BCUT2D eigenvalue weighted by atomic mass is 10.1. The van der Waals surface area contributed by atoms with E-state index >= 15 is 0 Å². The number of anilines is 2. The molecule has 3 aliphatic rings. The van der Waals surface area contributed by atoms with Crippen molar-refractivity contribution in [2.75, 3.05) is 69.3 Å². The van der Waals surface area contributed by atoms with Gasteiger partial charge < -0.3 is 24.3 Å². The summed E-state index contributed by atoms with van der Waals surface area (Å²) in [5.74, 6) is 1.39. The van der Waals surface area contributed by atoms with E-state index in [9.17, 15) is 14.9 Å². The van der Waals surface area contributed by atoms with Crippen molar-refractivity contribution in [3.8, 4) is 6.07 Å². The Morgan fingerprint density at radius 2 is 1.85 bits per heavy atom. The zero-order valence-corrected chi connectivity index (χ0v) is 19.9. The van der Waals surface area contributed by atoms with Crippen LogP contribution in [0.3, 0.4) is 0 Å². The molecule has 0 spiro atoms. The van der Waals surface area contributed by atoms with Crippen LogP contribution in [0.1, 0.15) is 50.3 Å². The highest BCUT2D eigenvalue weighted by Gasteiger charge is 2.34. The van der Waals surface area contributed by atoms with Crippen molar-refractivity contribution in [3.05, 3.63) is 17.3 Å². The van der Waals surface area contributed by atoms with Crippen molar-refractivity contribution >= 4 is 23.3 Å². The fourth-order valence-electron chi connectivity index (χ4n) is 4.86. The second kappa shape index (κ2) is 9.96. The van der Waals surface area contributed by atoms with Crippen LogP contribution >= 0.6 is 0 Å². The highest BCUT2D eigenvalue weighted by molar-refractivity contribution is 5.77. The van der Waals surface area contributed by atoms with E-state index in [1.54, 1.807) is 14.0 Å². The van der Waals surface area contributed by atoms with Gasteiger partial charge in [0.05, 0.1) is 30.0 Å². The Morgan fingerprint density at radius 1 is 1.15 bits per heavy atom. The van der Waals surface area contributed by atoms with E-state index in [-0.39, 0.29) is 17.9 Å². The van der Waals surface area contributed by atoms with E-state index in [4.69, 9.17) is 9.72 Å². The third kappa shape index (κ3) is 5.06. The van der Waals surface area contributed by atoms with Crippen molar-refractivity contribution < 1.29 is 14.3 Å². The molecule has 33 heavy (non-hydrogen) atoms. The Balaban J connectivity index is 1.54. The highest BCUT2D eigenvalue weighted by atomic mass is 16.5. The molecule has 178 valence electrons. The molecule has 0 radical (unpaired) electrons. The highest BCUT2D eigenvalue weighted by Crippen LogP contribution is 2.45. The smallest absolute Gasteiger partial charge is 0.225 e. The normalized spacial score (nSPS) is 21.2. The first-order valence-electron chi connectivity index (χ1n) is 11.9. The molecule has 3 heterocycles. The first-order valence-corrected chi connectivity index (χ1v) is 11.9. The lowest BCUT2D eigenvalue weighted by molar-refractivity contribution is -0.134. The number of hydrogen-bond donors (Lipinski definition) is 0. The maximum atomic E-state index is 12.5. The molecule has 1 aromatic rings. The Kier molecular flexibility index (Phi) is 7.03. The van der Waals surface area contributed by atoms with E-state index in [0.29, 0.717) is 57.2 Å². The molecule has 1 saturated carbocycles. The number of nitrogens with zero attached hydrogens (tertiary/aromatic N) is 6. The van der Waals surface area contributed by atoms with Crippen molar-refractivity contribution in [3.63, 3.8) is 0 Å². The van der Waals surface area contributed by atoms with Crippen LogP contribution in [0.2, 0.25) is 0 Å². The van der Waals surface area contributed by atoms with Crippen molar-refractivity contribution in [2.45, 2.75) is 45.1 Å². The molecule has 2 saturated heterocycles. The molecule has 1 unspecified atom stereocenters. The average Bonchev–Trinajstić information content (AvgIpc) is 3.67. The number of carbonyl (C=O) groups is 2. The van der Waals surface area contributed by atoms with Crippen molar-refractivity contribution in [2.24, 2.45) is 0 Å². The Labute approximate surface area is 195 Å². The molecule has 2 amide bonds. The predicted octanol–water partition coefficient (Wildman–Crippen LogP) is 1.57. The van der Waals surface area contributed by atoms with Gasteiger partial charge in [0.1, 0.15) is 11.9 Å². The number of rotatable bonds is 6. The summed E-state index contributed by atoms with van der Waals surface area (Å²) in [6, 6.07) is 4.41. The van der Waals surface area contributed by atoms with E-state index in [1.165, 1.54) is 0 Å². The largest absolute Gasteiger partial charge is 0.384 e. The summed E-state index contributed by atoms with van der Waals surface area (Å²) in [5.41, 5.74) is 2.70. The number of pyridine rings is 1. The summed E-state index contributed by atoms with van der Waals surface area (Å²) in [7, 11) is 1.61. The topological polar surface area (TPSA) is 93.0 Å². The fraction of sp³-hybridized carbons (Fsp3) is 0.667. The summed E-state index contributed by atoms with van der Waals surface area (Å²) in [6.07, 6.45) is 2.63. The molecule has 1 aromatic heterocycles. The van der Waals surface area contributed by atoms with E-state index in [2.05, 4.69) is 15.9 Å². The van der Waals surface area contributed by atoms with Crippen LogP contribution in [0.5, 0.6) is 0 Å². The third-order valence-electron chi connectivity index (χ3n) is 6.93. The van der Waals surface area contributed by atoms with Gasteiger partial charge in [-0.05, 0) is 25.8 Å². The van der Waals surface area contributed by atoms with E-state index in [0.717, 1.165) is 43.1 Å². The molecule has 4 rings (SSSR count). The first kappa shape index (κ1) is 23.3. The molecular formula is C24H34N6O3. The van der Waals surface area contributed by atoms with Crippen molar-refractivity contribution in [1.29, 1.82) is 5.26 Å². The van der Waals surface area contributed by atoms with E-state index < -0.39 is 0 Å². The van der Waals surface area contributed by atoms with Gasteiger partial charge in [0.15, 0.2) is 0 Å². The van der Waals surface area contributed by atoms with Gasteiger partial charge in [-0.25, -0.2) is 4.98 Å². The van der Waals surface area contributed by atoms with Crippen LogP contribution in [0.4, 0.5) is 11.5 Å². The minimum atomic E-state index is 0.0418. The maximum Gasteiger partial charge on any atom is 0.225 e. The number of carbonyl (C=O) groups excluding carboxylic acids is 2. The number of nitriles is 1. The molecule has 3 fully saturated rings. The second-order valence-corrected chi connectivity index (χ2v) is 9.27. The molecule has 9 nitrogen and oxygen atoms in total. The van der Waals surface area contributed by atoms with Gasteiger partial charge in [-0.1, -0.05) is 0 Å². The Morgan fingerprint density at radius 3 is 2.42 bits per heavy atom. The summed E-state index contributed by atoms with van der Waals surface area (Å²) >= 11 is 0. The predicted molar refractivity (Wildman–Crippen MR) is 125 cm³/mol. The van der Waals surface area contributed by atoms with Crippen LogP contribution in [0.25, 0.3) is 0 Å². The lowest BCUT2D eigenvalue weighted by Crippen LogP contribution is -2.54. The maximum absolute atomic E-state index is 12.5. The molecule has 0 N–H and O–H groups in total. The number of aromatic nitrogens is 1. The van der Waals surface area contributed by atoms with Crippen LogP contribution in [0, 0.1) is 11.3 Å². The SMILES string of the molecule is COCCC(=O)N1CCN(c2nc(C3CC3)c(N3CCN(C(C)=O)CC3)cc2C#N)CC1C. The molecule has 1 aliphatic carbocycles. The third-order valence-corrected chi connectivity index (χ3v) is 6.93. The zero-order chi connectivity index (χ0) is 23.5. The van der Waals surface area contributed by atoms with Crippen LogP contribution in [-0.2, 0) is 14.3 Å². The minimum absolute atomic E-state index is 0.0418. The quantitative estimate of drug-likeness (QED) is 0.644. The van der Waals surface area contributed by atoms with Gasteiger partial charge >= 0.3 is 0 Å². The summed E-state index contributed by atoms with van der Waals surface area (Å²) in [5, 5.41) is 9.97. The van der Waals surface area contributed by atoms with Crippen LogP contribution < -0.4 is 9.80 Å². The second-order valence-electron chi connectivity index (χ2n) is 9.27. The number of piperazine rings is 2.